The first-order valence-electron chi connectivity index (χ1n) is 7.41. The summed E-state index contributed by atoms with van der Waals surface area (Å²) in [6.07, 6.45) is 1.81. The number of nitriles is 1. The van der Waals surface area contributed by atoms with Crippen molar-refractivity contribution in [2.45, 2.75) is 19.9 Å². The molecular formula is C16H16N4O4. The second-order valence-electron chi connectivity index (χ2n) is 5.11. The van der Waals surface area contributed by atoms with Gasteiger partial charge in [0.2, 0.25) is 12.8 Å². The summed E-state index contributed by atoms with van der Waals surface area (Å²) in [5, 5.41) is 14.2. The zero-order valence-electron chi connectivity index (χ0n) is 13.3. The van der Waals surface area contributed by atoms with Crippen LogP contribution in [0.4, 0.5) is 0 Å². The number of benzene rings is 1. The molecule has 0 radical (unpaired) electrons. The Morgan fingerprint density at radius 2 is 2.29 bits per heavy atom. The van der Waals surface area contributed by atoms with Crippen LogP contribution >= 0.6 is 0 Å². The third-order valence-electron chi connectivity index (χ3n) is 3.62. The van der Waals surface area contributed by atoms with E-state index in [-0.39, 0.29) is 19.4 Å². The molecule has 1 aromatic carbocycles. The highest BCUT2D eigenvalue weighted by Crippen LogP contribution is 2.38. The fourth-order valence-electron chi connectivity index (χ4n) is 2.59. The number of allylic oxidation sites excluding steroid dienone is 1. The van der Waals surface area contributed by atoms with Crippen LogP contribution in [0.1, 0.15) is 25.5 Å². The summed E-state index contributed by atoms with van der Waals surface area (Å²) < 4.78 is 15.8. The lowest BCUT2D eigenvalue weighted by atomic mass is 9.96. The summed E-state index contributed by atoms with van der Waals surface area (Å²) in [7, 11) is 0. The highest BCUT2D eigenvalue weighted by atomic mass is 16.7. The van der Waals surface area contributed by atoms with E-state index in [1.807, 2.05) is 12.3 Å². The quantitative estimate of drug-likeness (QED) is 0.490. The maximum Gasteiger partial charge on any atom is 0.338 e. The summed E-state index contributed by atoms with van der Waals surface area (Å²) in [5.74, 6) is 1.05. The Bertz CT molecular complexity index is 779. The number of hydrogen-bond acceptors (Lipinski definition) is 8. The molecule has 124 valence electrons. The number of aliphatic imine (C=N–C) groups is 1. The van der Waals surface area contributed by atoms with Gasteiger partial charge in [-0.1, -0.05) is 6.07 Å². The fourth-order valence-corrected chi connectivity index (χ4v) is 2.59. The maximum absolute atomic E-state index is 12.4. The molecule has 8 nitrogen and oxygen atoms in total. The molecule has 2 aliphatic heterocycles. The number of rotatable bonds is 3. The van der Waals surface area contributed by atoms with Crippen molar-refractivity contribution in [3.8, 4) is 17.7 Å². The Kier molecular flexibility index (Phi) is 4.24. The van der Waals surface area contributed by atoms with E-state index in [2.05, 4.69) is 15.6 Å². The Morgan fingerprint density at radius 3 is 3.04 bits per heavy atom. The molecule has 0 saturated heterocycles. The first kappa shape index (κ1) is 15.7. The molecule has 0 aromatic heterocycles. The van der Waals surface area contributed by atoms with Crippen LogP contribution in [0.15, 0.2) is 34.5 Å². The molecule has 2 heterocycles. The number of esters is 1. The van der Waals surface area contributed by atoms with E-state index in [9.17, 15) is 4.79 Å². The highest BCUT2D eigenvalue weighted by Gasteiger charge is 2.31. The van der Waals surface area contributed by atoms with Gasteiger partial charge in [0.25, 0.3) is 0 Å². The molecule has 2 N–H and O–H groups in total. The normalized spacial score (nSPS) is 18.4. The van der Waals surface area contributed by atoms with E-state index >= 15 is 0 Å². The molecule has 0 spiro atoms. The molecule has 1 atom stereocenters. The number of nitrogens with one attached hydrogen (secondary N) is 2. The second-order valence-corrected chi connectivity index (χ2v) is 5.11. The summed E-state index contributed by atoms with van der Waals surface area (Å²) in [5.41, 5.74) is 1.70. The van der Waals surface area contributed by atoms with Crippen molar-refractivity contribution in [2.24, 2.45) is 4.99 Å². The lowest BCUT2D eigenvalue weighted by Crippen LogP contribution is -2.39. The molecule has 2 aliphatic rings. The van der Waals surface area contributed by atoms with Gasteiger partial charge >= 0.3 is 5.97 Å². The largest absolute Gasteiger partial charge is 0.463 e. The van der Waals surface area contributed by atoms with Gasteiger partial charge in [0.15, 0.2) is 17.7 Å². The number of ether oxygens (including phenoxy) is 3. The molecule has 0 aliphatic carbocycles. The summed E-state index contributed by atoms with van der Waals surface area (Å²) in [6.45, 7) is 3.90. The van der Waals surface area contributed by atoms with Gasteiger partial charge in [0.1, 0.15) is 6.04 Å². The first-order valence-corrected chi connectivity index (χ1v) is 7.41. The van der Waals surface area contributed by atoms with E-state index in [0.29, 0.717) is 22.8 Å². The molecule has 0 fully saturated rings. The van der Waals surface area contributed by atoms with Crippen LogP contribution in [0.5, 0.6) is 11.5 Å². The van der Waals surface area contributed by atoms with E-state index in [0.717, 1.165) is 5.56 Å². The van der Waals surface area contributed by atoms with Gasteiger partial charge in [0, 0.05) is 5.70 Å². The first-order chi connectivity index (χ1) is 11.6. The maximum atomic E-state index is 12.4. The van der Waals surface area contributed by atoms with Gasteiger partial charge in [-0.3, -0.25) is 5.32 Å². The van der Waals surface area contributed by atoms with Crippen LogP contribution in [0.2, 0.25) is 0 Å². The van der Waals surface area contributed by atoms with Crippen molar-refractivity contribution in [2.75, 3.05) is 13.4 Å². The summed E-state index contributed by atoms with van der Waals surface area (Å²) >= 11 is 0. The molecule has 1 aromatic rings. The molecule has 24 heavy (non-hydrogen) atoms. The average Bonchev–Trinajstić information content (AvgIpc) is 3.02. The van der Waals surface area contributed by atoms with Crippen LogP contribution in [-0.2, 0) is 9.53 Å². The Labute approximate surface area is 138 Å². The number of carbonyl (C=O) groups is 1. The summed E-state index contributed by atoms with van der Waals surface area (Å²) in [6, 6.07) is 4.74. The van der Waals surface area contributed by atoms with Crippen molar-refractivity contribution in [1.29, 1.82) is 5.26 Å². The van der Waals surface area contributed by atoms with E-state index in [1.165, 1.54) is 0 Å². The van der Waals surface area contributed by atoms with E-state index in [1.54, 1.807) is 26.0 Å². The third-order valence-corrected chi connectivity index (χ3v) is 3.62. The topological polar surface area (TPSA) is 105 Å². The zero-order chi connectivity index (χ0) is 17.1. The third kappa shape index (κ3) is 2.84. The van der Waals surface area contributed by atoms with Crippen molar-refractivity contribution >= 4 is 11.9 Å². The smallest absolute Gasteiger partial charge is 0.338 e. The van der Waals surface area contributed by atoms with E-state index < -0.39 is 12.0 Å². The van der Waals surface area contributed by atoms with Gasteiger partial charge in [-0.15, -0.1) is 0 Å². The monoisotopic (exact) mass is 328 g/mol. The minimum absolute atomic E-state index is 0.162. The fraction of sp³-hybridized carbons (Fsp3) is 0.312. The van der Waals surface area contributed by atoms with Gasteiger partial charge < -0.3 is 19.5 Å². The molecule has 1 unspecified atom stereocenters. The average molecular weight is 328 g/mol. The lowest BCUT2D eigenvalue weighted by Gasteiger charge is -2.25. The van der Waals surface area contributed by atoms with Crippen LogP contribution in [-0.4, -0.2) is 25.3 Å². The van der Waals surface area contributed by atoms with Crippen LogP contribution in [0.3, 0.4) is 0 Å². The minimum Gasteiger partial charge on any atom is -0.463 e. The molecule has 8 heteroatoms. The van der Waals surface area contributed by atoms with Gasteiger partial charge in [-0.05, 0) is 31.5 Å². The second kappa shape index (κ2) is 6.50. The van der Waals surface area contributed by atoms with Gasteiger partial charge in [-0.25, -0.2) is 9.79 Å². The minimum atomic E-state index is -0.615. The van der Waals surface area contributed by atoms with Crippen molar-refractivity contribution in [3.63, 3.8) is 0 Å². The van der Waals surface area contributed by atoms with Crippen LogP contribution < -0.4 is 20.1 Å². The van der Waals surface area contributed by atoms with Crippen molar-refractivity contribution < 1.29 is 19.0 Å². The van der Waals surface area contributed by atoms with Gasteiger partial charge in [-0.2, -0.15) is 5.26 Å². The number of nitrogens with zero attached hydrogens (tertiary/aromatic N) is 2. The predicted octanol–water partition coefficient (Wildman–Crippen LogP) is 1.32. The van der Waals surface area contributed by atoms with Gasteiger partial charge in [0.05, 0.1) is 12.2 Å². The number of hydrogen-bond donors (Lipinski definition) is 2. The molecule has 0 saturated carbocycles. The van der Waals surface area contributed by atoms with Crippen molar-refractivity contribution in [3.05, 3.63) is 35.0 Å². The lowest BCUT2D eigenvalue weighted by molar-refractivity contribution is -0.138. The number of carbonyl (C=O) groups excluding carboxylic acids is 1. The van der Waals surface area contributed by atoms with Crippen LogP contribution in [0, 0.1) is 11.5 Å². The standard InChI is InChI=1S/C16H16N4O4/c1-3-22-15(21)13-9(2)19-16(18-7-17)20-14(13)10-4-5-11-12(6-10)24-8-23-11/h4-6,14H,3,8H2,1-2H3,(H2,18,19,20). The Balaban J connectivity index is 2.03. The summed E-state index contributed by atoms with van der Waals surface area (Å²) in [4.78, 5) is 16.8. The van der Waals surface area contributed by atoms with Crippen LogP contribution in [0.25, 0.3) is 0 Å². The predicted molar refractivity (Wildman–Crippen MR) is 84.0 cm³/mol. The van der Waals surface area contributed by atoms with Crippen molar-refractivity contribution in [1.82, 2.24) is 10.6 Å². The Morgan fingerprint density at radius 1 is 1.50 bits per heavy atom. The Hall–Kier alpha value is -3.21. The molecule has 3 rings (SSSR count). The SMILES string of the molecule is CCOC(=O)C1=C(C)NC(NC#N)=NC1c1ccc2c(c1)OCO2. The molecule has 0 amide bonds. The molecule has 0 bridgehead atoms. The highest BCUT2D eigenvalue weighted by molar-refractivity contribution is 5.95. The number of fused-ring (bicyclic) bond motifs is 1. The number of guanidine groups is 1. The molecular weight excluding hydrogens is 312 g/mol. The van der Waals surface area contributed by atoms with E-state index in [4.69, 9.17) is 19.5 Å². The zero-order valence-corrected chi connectivity index (χ0v) is 13.3.